The van der Waals surface area contributed by atoms with Crippen LogP contribution in [-0.4, -0.2) is 31.8 Å². The summed E-state index contributed by atoms with van der Waals surface area (Å²) in [7, 11) is -5.80. The Morgan fingerprint density at radius 3 is 1.45 bits per heavy atom. The highest BCUT2D eigenvalue weighted by Gasteiger charge is 2.50. The van der Waals surface area contributed by atoms with Gasteiger partial charge in [-0.2, -0.15) is 0 Å². The van der Waals surface area contributed by atoms with Crippen molar-refractivity contribution in [2.75, 3.05) is 6.61 Å². The summed E-state index contributed by atoms with van der Waals surface area (Å²) in [5.41, 5.74) is -0.463. The molecule has 38 heavy (non-hydrogen) atoms. The maximum Gasteiger partial charge on any atom is 0.261 e. The maximum absolute atomic E-state index is 14.7. The van der Waals surface area contributed by atoms with Gasteiger partial charge in [-0.1, -0.05) is 149 Å². The third-order valence-corrected chi connectivity index (χ3v) is 16.2. The minimum atomic E-state index is -3.09. The first-order valence-corrected chi connectivity index (χ1v) is 17.0. The number of rotatable bonds is 10. The van der Waals surface area contributed by atoms with Gasteiger partial charge in [0.05, 0.1) is 6.10 Å². The summed E-state index contributed by atoms with van der Waals surface area (Å²) in [6.07, 6.45) is -0.394. The van der Waals surface area contributed by atoms with Crippen LogP contribution in [-0.2, 0) is 8.99 Å². The van der Waals surface area contributed by atoms with Crippen LogP contribution < -0.4 is 21.0 Å². The lowest BCUT2D eigenvalue weighted by Crippen LogP contribution is -2.66. The molecule has 2 atom stereocenters. The van der Waals surface area contributed by atoms with Crippen molar-refractivity contribution in [1.82, 2.24) is 0 Å². The van der Waals surface area contributed by atoms with Crippen LogP contribution in [0.3, 0.4) is 0 Å². The van der Waals surface area contributed by atoms with Crippen molar-refractivity contribution in [3.8, 4) is 0 Å². The summed E-state index contributed by atoms with van der Waals surface area (Å²) < 4.78 is 21.7. The average Bonchev–Trinajstić information content (AvgIpc) is 2.95. The van der Waals surface area contributed by atoms with Crippen LogP contribution in [0.2, 0.25) is 5.04 Å². The first-order chi connectivity index (χ1) is 18.2. The molecule has 0 aliphatic carbocycles. The highest BCUT2D eigenvalue weighted by atomic mass is 31.2. The lowest BCUT2D eigenvalue weighted by molar-refractivity contribution is 0.135. The molecule has 4 rings (SSSR count). The van der Waals surface area contributed by atoms with Gasteiger partial charge >= 0.3 is 0 Å². The van der Waals surface area contributed by atoms with Crippen molar-refractivity contribution in [2.45, 2.75) is 50.9 Å². The average molecular weight is 543 g/mol. The Morgan fingerprint density at radius 2 is 1.08 bits per heavy atom. The Morgan fingerprint density at radius 1 is 0.711 bits per heavy atom. The zero-order valence-corrected chi connectivity index (χ0v) is 24.7. The van der Waals surface area contributed by atoms with Gasteiger partial charge in [-0.05, 0) is 21.8 Å². The normalized spacial score (nSPS) is 14.1. The summed E-state index contributed by atoms with van der Waals surface area (Å²) in [5.74, 6) is 0. The Kier molecular flexibility index (Phi) is 8.90. The van der Waals surface area contributed by atoms with E-state index in [1.807, 2.05) is 79.7 Å². The number of hydrogen-bond acceptors (Lipinski definition) is 3. The van der Waals surface area contributed by atoms with Gasteiger partial charge in [0.25, 0.3) is 8.32 Å². The zero-order valence-electron chi connectivity index (χ0n) is 22.8. The zero-order chi connectivity index (χ0) is 27.2. The quantitative estimate of drug-likeness (QED) is 0.206. The number of hydrogen-bond donors (Lipinski definition) is 1. The minimum Gasteiger partial charge on any atom is -0.407 e. The molecule has 0 saturated carbocycles. The molecule has 0 unspecified atom stereocenters. The van der Waals surface area contributed by atoms with Crippen molar-refractivity contribution in [3.05, 3.63) is 121 Å². The number of benzene rings is 4. The smallest absolute Gasteiger partial charge is 0.261 e. The van der Waals surface area contributed by atoms with Crippen LogP contribution in [0.25, 0.3) is 0 Å². The van der Waals surface area contributed by atoms with E-state index in [-0.39, 0.29) is 5.04 Å². The standard InChI is InChI=1S/C33H39O3PSi/c1-27(37(35,28-17-9-5-10-18-28)29-19-11-6-12-20-29)32(34)25-26-36-38(33(2,3)4,30-21-13-7-14-22-30)31-23-15-8-16-24-31/h5-24,27,32,34H,25-26H2,1-4H3/t27-,32-/m0/s1. The molecule has 0 radical (unpaired) electrons. The second-order valence-corrected chi connectivity index (χ2v) is 18.4. The summed E-state index contributed by atoms with van der Waals surface area (Å²) in [6.45, 7) is 9.03. The highest BCUT2D eigenvalue weighted by Crippen LogP contribution is 2.50. The second-order valence-electron chi connectivity index (χ2n) is 10.9. The molecular weight excluding hydrogens is 503 g/mol. The third kappa shape index (κ3) is 5.51. The molecule has 198 valence electrons. The van der Waals surface area contributed by atoms with Crippen molar-refractivity contribution >= 4 is 36.4 Å². The summed E-state index contributed by atoms with van der Waals surface area (Å²) in [4.78, 5) is 0. The molecule has 4 aromatic rings. The molecule has 0 aromatic heterocycles. The first kappa shape index (κ1) is 28.3. The van der Waals surface area contributed by atoms with Crippen LogP contribution in [0.15, 0.2) is 121 Å². The van der Waals surface area contributed by atoms with Crippen LogP contribution in [0.5, 0.6) is 0 Å². The lowest BCUT2D eigenvalue weighted by atomic mass is 10.2. The van der Waals surface area contributed by atoms with Gasteiger partial charge in [0.2, 0.25) is 0 Å². The fourth-order valence-corrected chi connectivity index (χ4v) is 13.2. The van der Waals surface area contributed by atoms with Crippen LogP contribution >= 0.6 is 7.14 Å². The van der Waals surface area contributed by atoms with Crippen molar-refractivity contribution in [1.29, 1.82) is 0 Å². The van der Waals surface area contributed by atoms with Crippen molar-refractivity contribution in [2.24, 2.45) is 0 Å². The van der Waals surface area contributed by atoms with E-state index < -0.39 is 27.2 Å². The molecule has 0 bridgehead atoms. The van der Waals surface area contributed by atoms with Gasteiger partial charge < -0.3 is 14.1 Å². The predicted octanol–water partition coefficient (Wildman–Crippen LogP) is 5.72. The van der Waals surface area contributed by atoms with E-state index in [2.05, 4.69) is 69.3 Å². The second kappa shape index (κ2) is 12.0. The topological polar surface area (TPSA) is 46.5 Å². The van der Waals surface area contributed by atoms with E-state index >= 15 is 0 Å². The fraction of sp³-hybridized carbons (Fsp3) is 0.273. The summed E-state index contributed by atoms with van der Waals surface area (Å²) in [6, 6.07) is 40.2. The molecule has 0 aliphatic heterocycles. The fourth-order valence-electron chi connectivity index (χ4n) is 5.50. The molecule has 0 saturated heterocycles. The number of aliphatic hydroxyl groups excluding tert-OH is 1. The Labute approximate surface area is 229 Å². The van der Waals surface area contributed by atoms with E-state index in [0.717, 1.165) is 10.6 Å². The monoisotopic (exact) mass is 542 g/mol. The van der Waals surface area contributed by atoms with Crippen LogP contribution in [0.1, 0.15) is 34.1 Å². The molecule has 0 aliphatic rings. The molecule has 3 nitrogen and oxygen atoms in total. The highest BCUT2D eigenvalue weighted by molar-refractivity contribution is 7.79. The van der Waals surface area contributed by atoms with E-state index in [4.69, 9.17) is 4.43 Å². The molecule has 0 heterocycles. The minimum absolute atomic E-state index is 0.143. The Balaban J connectivity index is 1.64. The molecule has 0 fully saturated rings. The largest absolute Gasteiger partial charge is 0.407 e. The van der Waals surface area contributed by atoms with Crippen LogP contribution in [0.4, 0.5) is 0 Å². The van der Waals surface area contributed by atoms with Gasteiger partial charge in [-0.15, -0.1) is 0 Å². The third-order valence-electron chi connectivity index (χ3n) is 7.56. The van der Waals surface area contributed by atoms with Crippen LogP contribution in [0, 0.1) is 0 Å². The number of aliphatic hydroxyl groups is 1. The van der Waals surface area contributed by atoms with Gasteiger partial charge in [0, 0.05) is 22.9 Å². The van der Waals surface area contributed by atoms with E-state index in [1.54, 1.807) is 0 Å². The molecule has 0 amide bonds. The molecular formula is C33H39O3PSi. The maximum atomic E-state index is 14.7. The molecule has 0 spiro atoms. The first-order valence-electron chi connectivity index (χ1n) is 13.4. The van der Waals surface area contributed by atoms with Gasteiger partial charge in [0.15, 0.2) is 0 Å². The Hall–Kier alpha value is -2.75. The van der Waals surface area contributed by atoms with Crippen molar-refractivity contribution < 1.29 is 14.1 Å². The van der Waals surface area contributed by atoms with Gasteiger partial charge in [-0.25, -0.2) is 0 Å². The van der Waals surface area contributed by atoms with Gasteiger partial charge in [-0.3, -0.25) is 0 Å². The molecule has 1 N–H and O–H groups in total. The molecule has 4 aromatic carbocycles. The predicted molar refractivity (Wildman–Crippen MR) is 163 cm³/mol. The lowest BCUT2D eigenvalue weighted by Gasteiger charge is -2.43. The summed E-state index contributed by atoms with van der Waals surface area (Å²) >= 11 is 0. The van der Waals surface area contributed by atoms with Gasteiger partial charge in [0.1, 0.15) is 7.14 Å². The van der Waals surface area contributed by atoms with Crippen molar-refractivity contribution in [3.63, 3.8) is 0 Å². The van der Waals surface area contributed by atoms with E-state index in [9.17, 15) is 9.67 Å². The Bertz CT molecular complexity index is 1240. The molecule has 5 heteroatoms. The summed E-state index contributed by atoms with van der Waals surface area (Å²) in [5, 5.41) is 15.3. The van der Waals surface area contributed by atoms with E-state index in [1.165, 1.54) is 10.4 Å². The van der Waals surface area contributed by atoms with E-state index in [0.29, 0.717) is 13.0 Å². The SMILES string of the molecule is C[C@@H]([C@@H](O)CCO[Si](c1ccccc1)(c1ccccc1)C(C)(C)C)P(=O)(c1ccccc1)c1ccccc1.